The van der Waals surface area contributed by atoms with Gasteiger partial charge in [-0.25, -0.2) is 19.6 Å². The van der Waals surface area contributed by atoms with E-state index in [4.69, 9.17) is 14.2 Å². The molecule has 0 fully saturated rings. The van der Waals surface area contributed by atoms with Gasteiger partial charge in [0, 0.05) is 22.6 Å². The zero-order valence-electron chi connectivity index (χ0n) is 21.2. The molecule has 0 aliphatic heterocycles. The quantitative estimate of drug-likeness (QED) is 0.193. The summed E-state index contributed by atoms with van der Waals surface area (Å²) in [6.07, 6.45) is -1.72. The lowest BCUT2D eigenvalue weighted by atomic mass is 10.0. The van der Waals surface area contributed by atoms with E-state index in [0.29, 0.717) is 41.4 Å². The molecule has 2 rings (SSSR count). The van der Waals surface area contributed by atoms with E-state index < -0.39 is 23.4 Å². The fraction of sp³-hybridized carbons (Fsp3) is 0.500. The number of benzene rings is 1. The highest BCUT2D eigenvalue weighted by Gasteiger charge is 2.35. The largest absolute Gasteiger partial charge is 0.443 e. The van der Waals surface area contributed by atoms with Crippen LogP contribution in [0.5, 0.6) is 0 Å². The number of azide groups is 1. The first-order valence-electron chi connectivity index (χ1n) is 11.2. The second-order valence-corrected chi connectivity index (χ2v) is 9.47. The number of rotatable bonds is 7. The first-order valence-corrected chi connectivity index (χ1v) is 11.2. The van der Waals surface area contributed by atoms with Gasteiger partial charge in [0.15, 0.2) is 0 Å². The van der Waals surface area contributed by atoms with Crippen LogP contribution in [0, 0.1) is 0 Å². The molecule has 0 atom stereocenters. The number of hydrogen-bond acceptors (Lipinski definition) is 8. The van der Waals surface area contributed by atoms with Crippen LogP contribution in [0.15, 0.2) is 35.4 Å². The maximum Gasteiger partial charge on any atom is 0.427 e. The standard InChI is InChI=1S/C24H32N6O5/c1-8-33-15-14-17-18(16-12-10-9-11-13-16)26-20(27-19(17)28-29-25)30(21(31)34-23(2,3)4)22(32)35-24(5,6)7/h9-13H,8,14-15H2,1-7H3. The summed E-state index contributed by atoms with van der Waals surface area (Å²) in [6, 6.07) is 9.09. The van der Waals surface area contributed by atoms with Crippen molar-refractivity contribution in [1.29, 1.82) is 0 Å². The molecule has 0 bridgehead atoms. The van der Waals surface area contributed by atoms with Gasteiger partial charge >= 0.3 is 12.2 Å². The van der Waals surface area contributed by atoms with Gasteiger partial charge in [-0.1, -0.05) is 30.3 Å². The number of hydrogen-bond donors (Lipinski definition) is 0. The summed E-state index contributed by atoms with van der Waals surface area (Å²) in [6.45, 7) is 12.7. The SMILES string of the molecule is CCOCCc1c(N=[N+]=[N-])nc(N(C(=O)OC(C)(C)C)C(=O)OC(C)(C)C)nc1-c1ccccc1. The molecule has 11 heteroatoms. The van der Waals surface area contributed by atoms with Crippen molar-refractivity contribution in [2.45, 2.75) is 66.1 Å². The Labute approximate surface area is 205 Å². The zero-order valence-corrected chi connectivity index (χ0v) is 21.2. The van der Waals surface area contributed by atoms with Crippen molar-refractivity contribution < 1.29 is 23.8 Å². The Morgan fingerprint density at radius 1 is 1.00 bits per heavy atom. The Bertz CT molecular complexity index is 1060. The number of ether oxygens (including phenoxy) is 3. The van der Waals surface area contributed by atoms with Gasteiger partial charge in [-0.15, -0.1) is 4.90 Å². The summed E-state index contributed by atoms with van der Waals surface area (Å²) in [4.78, 5) is 38.5. The molecular formula is C24H32N6O5. The molecule has 0 unspecified atom stereocenters. The number of amides is 2. The fourth-order valence-electron chi connectivity index (χ4n) is 2.92. The molecule has 0 saturated heterocycles. The predicted molar refractivity (Wildman–Crippen MR) is 131 cm³/mol. The molecule has 1 aromatic heterocycles. The summed E-state index contributed by atoms with van der Waals surface area (Å²) >= 11 is 0. The van der Waals surface area contributed by atoms with Gasteiger partial charge in [0.05, 0.1) is 12.3 Å². The third kappa shape index (κ3) is 8.24. The number of carbonyl (C=O) groups is 2. The van der Waals surface area contributed by atoms with E-state index in [-0.39, 0.29) is 11.8 Å². The van der Waals surface area contributed by atoms with E-state index in [1.807, 2.05) is 25.1 Å². The van der Waals surface area contributed by atoms with Crippen molar-refractivity contribution >= 4 is 24.0 Å². The van der Waals surface area contributed by atoms with Crippen molar-refractivity contribution in [1.82, 2.24) is 9.97 Å². The van der Waals surface area contributed by atoms with E-state index in [9.17, 15) is 15.1 Å². The highest BCUT2D eigenvalue weighted by atomic mass is 16.6. The molecule has 2 aromatic rings. The van der Waals surface area contributed by atoms with Crippen molar-refractivity contribution in [3.8, 4) is 11.3 Å². The van der Waals surface area contributed by atoms with Gasteiger partial charge in [0.2, 0.25) is 5.95 Å². The number of nitrogens with zero attached hydrogens (tertiary/aromatic N) is 6. The zero-order chi connectivity index (χ0) is 26.2. The first-order chi connectivity index (χ1) is 16.4. The van der Waals surface area contributed by atoms with Crippen LogP contribution >= 0.6 is 0 Å². The minimum absolute atomic E-state index is 0.0341. The molecule has 0 aliphatic rings. The van der Waals surface area contributed by atoms with E-state index in [2.05, 4.69) is 20.0 Å². The maximum absolute atomic E-state index is 13.1. The van der Waals surface area contributed by atoms with Crippen LogP contribution in [0.1, 0.15) is 54.0 Å². The van der Waals surface area contributed by atoms with Crippen LogP contribution in [0.3, 0.4) is 0 Å². The summed E-state index contributed by atoms with van der Waals surface area (Å²) in [7, 11) is 0. The molecule has 0 radical (unpaired) electrons. The van der Waals surface area contributed by atoms with E-state index in [1.54, 1.807) is 53.7 Å². The van der Waals surface area contributed by atoms with Gasteiger partial charge in [0.25, 0.3) is 0 Å². The number of carbonyl (C=O) groups excluding carboxylic acids is 2. The Balaban J connectivity index is 2.76. The van der Waals surface area contributed by atoms with Crippen molar-refractivity contribution in [3.63, 3.8) is 0 Å². The smallest absolute Gasteiger partial charge is 0.427 e. The summed E-state index contributed by atoms with van der Waals surface area (Å²) in [5.41, 5.74) is 8.95. The summed E-state index contributed by atoms with van der Waals surface area (Å²) in [5.74, 6) is -0.372. The van der Waals surface area contributed by atoms with Crippen molar-refractivity contribution in [3.05, 3.63) is 46.3 Å². The molecule has 0 saturated carbocycles. The lowest BCUT2D eigenvalue weighted by Gasteiger charge is -2.28. The monoisotopic (exact) mass is 484 g/mol. The Morgan fingerprint density at radius 3 is 2.06 bits per heavy atom. The predicted octanol–water partition coefficient (Wildman–Crippen LogP) is 6.34. The Kier molecular flexibility index (Phi) is 9.16. The van der Waals surface area contributed by atoms with Crippen LogP contribution in [0.4, 0.5) is 21.4 Å². The van der Waals surface area contributed by atoms with Crippen LogP contribution in [-0.2, 0) is 20.6 Å². The molecule has 11 nitrogen and oxygen atoms in total. The number of anilines is 1. The van der Waals surface area contributed by atoms with Gasteiger partial charge in [0.1, 0.15) is 17.0 Å². The molecule has 2 amide bonds. The molecule has 1 heterocycles. The summed E-state index contributed by atoms with van der Waals surface area (Å²) in [5, 5.41) is 3.73. The third-order valence-electron chi connectivity index (χ3n) is 4.21. The second kappa shape index (κ2) is 11.6. The van der Waals surface area contributed by atoms with E-state index in [1.165, 1.54) is 0 Å². The van der Waals surface area contributed by atoms with Crippen LogP contribution < -0.4 is 4.90 Å². The van der Waals surface area contributed by atoms with Gasteiger partial charge in [-0.2, -0.15) is 0 Å². The fourth-order valence-corrected chi connectivity index (χ4v) is 2.92. The second-order valence-electron chi connectivity index (χ2n) is 9.47. The highest BCUT2D eigenvalue weighted by molar-refractivity contribution is 6.08. The molecule has 0 spiro atoms. The van der Waals surface area contributed by atoms with Gasteiger partial charge in [-0.05, 0) is 65.5 Å². The van der Waals surface area contributed by atoms with E-state index in [0.717, 1.165) is 0 Å². The van der Waals surface area contributed by atoms with Gasteiger partial charge in [-0.3, -0.25) is 0 Å². The molecule has 35 heavy (non-hydrogen) atoms. The van der Waals surface area contributed by atoms with E-state index >= 15 is 0 Å². The minimum atomic E-state index is -1.03. The van der Waals surface area contributed by atoms with Crippen molar-refractivity contribution in [2.75, 3.05) is 18.1 Å². The number of aromatic nitrogens is 2. The van der Waals surface area contributed by atoms with Crippen LogP contribution in [0.2, 0.25) is 0 Å². The lowest BCUT2D eigenvalue weighted by Crippen LogP contribution is -2.44. The normalized spacial score (nSPS) is 11.4. The van der Waals surface area contributed by atoms with Crippen LogP contribution in [-0.4, -0.2) is 46.6 Å². The molecule has 188 valence electrons. The Morgan fingerprint density at radius 2 is 1.57 bits per heavy atom. The minimum Gasteiger partial charge on any atom is -0.443 e. The summed E-state index contributed by atoms with van der Waals surface area (Å²) < 4.78 is 16.3. The topological polar surface area (TPSA) is 140 Å². The first kappa shape index (κ1) is 27.6. The molecule has 1 aromatic carbocycles. The third-order valence-corrected chi connectivity index (χ3v) is 4.21. The van der Waals surface area contributed by atoms with Gasteiger partial charge < -0.3 is 14.2 Å². The molecule has 0 N–H and O–H groups in total. The molecule has 0 aliphatic carbocycles. The van der Waals surface area contributed by atoms with Crippen molar-refractivity contribution in [2.24, 2.45) is 5.11 Å². The Hall–Kier alpha value is -3.69. The average Bonchev–Trinajstić information content (AvgIpc) is 2.73. The maximum atomic E-state index is 13.1. The lowest BCUT2D eigenvalue weighted by molar-refractivity contribution is 0.0427. The molecular weight excluding hydrogens is 452 g/mol. The number of imide groups is 1. The van der Waals surface area contributed by atoms with Crippen LogP contribution in [0.25, 0.3) is 21.7 Å². The average molecular weight is 485 g/mol. The highest BCUT2D eigenvalue weighted by Crippen LogP contribution is 2.32.